The maximum Gasteiger partial charge on any atom is 0.293 e. The molecule has 6 nitrogen and oxygen atoms in total. The summed E-state index contributed by atoms with van der Waals surface area (Å²) in [5, 5.41) is 14.4. The second kappa shape index (κ2) is 7.63. The van der Waals surface area contributed by atoms with Gasteiger partial charge in [-0.25, -0.2) is 0 Å². The average Bonchev–Trinajstić information content (AvgIpc) is 2.62. The third-order valence-electron chi connectivity index (χ3n) is 3.33. The van der Waals surface area contributed by atoms with Crippen LogP contribution in [0.1, 0.15) is 5.69 Å². The number of halogens is 1. The molecule has 1 radical (unpaired) electrons. The highest BCUT2D eigenvalue weighted by atomic mass is 35.5. The van der Waals surface area contributed by atoms with Crippen molar-refractivity contribution in [2.45, 2.75) is 6.61 Å². The molecule has 0 amide bonds. The first-order valence-electron chi connectivity index (χ1n) is 7.38. The lowest BCUT2D eigenvalue weighted by atomic mass is 10.2. The summed E-state index contributed by atoms with van der Waals surface area (Å²) in [5.41, 5.74) is 1.59. The fourth-order valence-corrected chi connectivity index (χ4v) is 2.39. The summed E-state index contributed by atoms with van der Waals surface area (Å²) < 4.78 is 5.65. The summed E-state index contributed by atoms with van der Waals surface area (Å²) in [6.07, 6.45) is 1.69. The fourth-order valence-electron chi connectivity index (χ4n) is 2.16. The quantitative estimate of drug-likeness (QED) is 0.509. The molecular weight excluding hydrogens is 342 g/mol. The van der Waals surface area contributed by atoms with Gasteiger partial charge in [0.2, 0.25) is 0 Å². The Morgan fingerprint density at radius 2 is 2.12 bits per heavy atom. The predicted octanol–water partition coefficient (Wildman–Crippen LogP) is 4.77. The molecule has 0 atom stereocenters. The topological polar surface area (TPSA) is 77.3 Å². The highest BCUT2D eigenvalue weighted by Gasteiger charge is 2.13. The van der Waals surface area contributed by atoms with E-state index in [4.69, 9.17) is 16.3 Å². The molecule has 0 spiro atoms. The molecular formula is C18H13ClN3O3. The van der Waals surface area contributed by atoms with Gasteiger partial charge in [-0.2, -0.15) is 0 Å². The van der Waals surface area contributed by atoms with E-state index in [9.17, 15) is 10.1 Å². The summed E-state index contributed by atoms with van der Waals surface area (Å²) >= 11 is 6.23. The van der Waals surface area contributed by atoms with Crippen LogP contribution in [0.25, 0.3) is 0 Å². The maximum atomic E-state index is 11.0. The lowest BCUT2D eigenvalue weighted by Crippen LogP contribution is -1.99. The van der Waals surface area contributed by atoms with Crippen molar-refractivity contribution in [1.82, 2.24) is 4.98 Å². The van der Waals surface area contributed by atoms with Gasteiger partial charge in [0.15, 0.2) is 0 Å². The number of nitrogens with one attached hydrogen (secondary N) is 1. The van der Waals surface area contributed by atoms with E-state index < -0.39 is 4.92 Å². The SMILES string of the molecule is O=[N+]([O-])c1ccc[c]c1Nc1ccc(OCc2ccccn2)c(Cl)c1. The van der Waals surface area contributed by atoms with E-state index in [0.717, 1.165) is 5.69 Å². The van der Waals surface area contributed by atoms with E-state index in [0.29, 0.717) is 23.1 Å². The molecule has 1 N–H and O–H groups in total. The number of benzene rings is 2. The van der Waals surface area contributed by atoms with E-state index in [1.807, 2.05) is 18.2 Å². The Hall–Kier alpha value is -3.12. The Labute approximate surface area is 149 Å². The lowest BCUT2D eigenvalue weighted by molar-refractivity contribution is -0.383. The number of anilines is 2. The van der Waals surface area contributed by atoms with Crippen molar-refractivity contribution < 1.29 is 9.66 Å². The zero-order valence-corrected chi connectivity index (χ0v) is 13.7. The summed E-state index contributed by atoms with van der Waals surface area (Å²) in [5.74, 6) is 0.504. The van der Waals surface area contributed by atoms with Crippen molar-refractivity contribution in [1.29, 1.82) is 0 Å². The van der Waals surface area contributed by atoms with Crippen LogP contribution in [-0.4, -0.2) is 9.91 Å². The molecule has 1 aromatic heterocycles. The fraction of sp³-hybridized carbons (Fsp3) is 0.0556. The molecule has 0 aliphatic carbocycles. The number of hydrogen-bond acceptors (Lipinski definition) is 5. The number of para-hydroxylation sites is 1. The summed E-state index contributed by atoms with van der Waals surface area (Å²) in [7, 11) is 0. The van der Waals surface area contributed by atoms with E-state index in [2.05, 4.69) is 16.4 Å². The van der Waals surface area contributed by atoms with Gasteiger partial charge in [-0.15, -0.1) is 0 Å². The molecule has 25 heavy (non-hydrogen) atoms. The molecule has 3 rings (SSSR count). The minimum atomic E-state index is -0.467. The first-order chi connectivity index (χ1) is 12.1. The van der Waals surface area contributed by atoms with Gasteiger partial charge in [0, 0.05) is 24.0 Å². The van der Waals surface area contributed by atoms with Gasteiger partial charge in [-0.1, -0.05) is 29.8 Å². The van der Waals surface area contributed by atoms with Crippen LogP contribution < -0.4 is 10.1 Å². The number of ether oxygens (including phenoxy) is 1. The Morgan fingerprint density at radius 3 is 2.84 bits per heavy atom. The number of pyridine rings is 1. The van der Waals surface area contributed by atoms with Crippen LogP contribution in [0.4, 0.5) is 17.1 Å². The normalized spacial score (nSPS) is 10.3. The average molecular weight is 355 g/mol. The van der Waals surface area contributed by atoms with Gasteiger partial charge in [0.25, 0.3) is 5.69 Å². The number of nitro groups is 1. The molecule has 0 aliphatic heterocycles. The number of aromatic nitrogens is 1. The molecule has 0 fully saturated rings. The molecule has 0 bridgehead atoms. The highest BCUT2D eigenvalue weighted by Crippen LogP contribution is 2.32. The third-order valence-corrected chi connectivity index (χ3v) is 3.63. The van der Waals surface area contributed by atoms with E-state index >= 15 is 0 Å². The first-order valence-corrected chi connectivity index (χ1v) is 7.75. The van der Waals surface area contributed by atoms with Crippen LogP contribution in [0.5, 0.6) is 5.75 Å². The monoisotopic (exact) mass is 354 g/mol. The second-order valence-corrected chi connectivity index (χ2v) is 5.47. The third kappa shape index (κ3) is 4.24. The molecule has 0 unspecified atom stereocenters. The molecule has 3 aromatic rings. The van der Waals surface area contributed by atoms with Crippen molar-refractivity contribution in [2.24, 2.45) is 0 Å². The minimum absolute atomic E-state index is 0.0610. The molecule has 0 saturated carbocycles. The molecule has 7 heteroatoms. The minimum Gasteiger partial charge on any atom is -0.486 e. The van der Waals surface area contributed by atoms with E-state index in [1.165, 1.54) is 6.07 Å². The van der Waals surface area contributed by atoms with Crippen LogP contribution in [0.15, 0.2) is 60.8 Å². The van der Waals surface area contributed by atoms with Crippen LogP contribution in [0.2, 0.25) is 5.02 Å². The molecule has 0 aliphatic rings. The van der Waals surface area contributed by atoms with Gasteiger partial charge in [-0.3, -0.25) is 15.1 Å². The highest BCUT2D eigenvalue weighted by molar-refractivity contribution is 6.32. The molecule has 2 aromatic carbocycles. The Balaban J connectivity index is 1.73. The van der Waals surface area contributed by atoms with E-state index in [1.54, 1.807) is 36.5 Å². The largest absolute Gasteiger partial charge is 0.486 e. The number of nitrogens with zero attached hydrogens (tertiary/aromatic N) is 2. The van der Waals surface area contributed by atoms with Gasteiger partial charge in [-0.05, 0) is 30.3 Å². The summed E-state index contributed by atoms with van der Waals surface area (Å²) in [6, 6.07) is 18.0. The van der Waals surface area contributed by atoms with Crippen molar-refractivity contribution in [2.75, 3.05) is 5.32 Å². The van der Waals surface area contributed by atoms with Gasteiger partial charge in [0.05, 0.1) is 15.6 Å². The van der Waals surface area contributed by atoms with Gasteiger partial charge < -0.3 is 10.1 Å². The van der Waals surface area contributed by atoms with Crippen LogP contribution in [0.3, 0.4) is 0 Å². The van der Waals surface area contributed by atoms with Crippen LogP contribution >= 0.6 is 11.6 Å². The second-order valence-electron chi connectivity index (χ2n) is 5.07. The van der Waals surface area contributed by atoms with Crippen molar-refractivity contribution >= 4 is 28.7 Å². The first kappa shape index (κ1) is 16.7. The Kier molecular flexibility index (Phi) is 5.11. The van der Waals surface area contributed by atoms with Crippen molar-refractivity contribution in [3.63, 3.8) is 0 Å². The number of rotatable bonds is 6. The zero-order chi connectivity index (χ0) is 17.6. The Bertz CT molecular complexity index is 888. The number of nitro benzene ring substituents is 1. The van der Waals surface area contributed by atoms with Crippen molar-refractivity contribution in [3.05, 3.63) is 87.7 Å². The van der Waals surface area contributed by atoms with Gasteiger partial charge >= 0.3 is 0 Å². The van der Waals surface area contributed by atoms with Crippen LogP contribution in [0, 0.1) is 16.2 Å². The number of hydrogen-bond donors (Lipinski definition) is 1. The summed E-state index contributed by atoms with van der Waals surface area (Å²) in [6.45, 7) is 0.297. The summed E-state index contributed by atoms with van der Waals surface area (Å²) in [4.78, 5) is 14.8. The van der Waals surface area contributed by atoms with Crippen LogP contribution in [-0.2, 0) is 6.61 Å². The lowest BCUT2D eigenvalue weighted by Gasteiger charge is -2.11. The standard InChI is InChI=1S/C18H13ClN3O3/c19-15-11-13(21-16-6-1-2-7-17(16)22(23)24)8-9-18(15)25-12-14-5-3-4-10-20-14/h1-5,7-11,21H,12H2. The Morgan fingerprint density at radius 1 is 1.24 bits per heavy atom. The zero-order valence-electron chi connectivity index (χ0n) is 13.0. The van der Waals surface area contributed by atoms with Crippen molar-refractivity contribution in [3.8, 4) is 5.75 Å². The molecule has 0 saturated heterocycles. The molecule has 125 valence electrons. The maximum absolute atomic E-state index is 11.0. The van der Waals surface area contributed by atoms with Gasteiger partial charge in [0.1, 0.15) is 18.0 Å². The van der Waals surface area contributed by atoms with E-state index in [-0.39, 0.29) is 11.4 Å². The predicted molar refractivity (Wildman–Crippen MR) is 95.2 cm³/mol. The smallest absolute Gasteiger partial charge is 0.293 e. The molecule has 1 heterocycles.